The number of nitrogens with zero attached hydrogens (tertiary/aromatic N) is 1. The zero-order chi connectivity index (χ0) is 17.4. The first-order valence-corrected chi connectivity index (χ1v) is 8.58. The predicted octanol–water partition coefficient (Wildman–Crippen LogP) is 1.19. The van der Waals surface area contributed by atoms with Gasteiger partial charge in [-0.25, -0.2) is 0 Å². The number of ether oxygens (including phenoxy) is 2. The molecule has 0 aromatic heterocycles. The minimum Gasteiger partial charge on any atom is -0.380 e. The maximum absolute atomic E-state index is 12.1. The number of benzene rings is 1. The number of nitrogens with two attached hydrogens (primary N) is 1. The summed E-state index contributed by atoms with van der Waals surface area (Å²) in [5.41, 5.74) is 6.70. The first-order chi connectivity index (χ1) is 11.6. The molecular formula is C17H26ClN3O3. The summed E-state index contributed by atoms with van der Waals surface area (Å²) in [6.45, 7) is 3.95. The lowest BCUT2D eigenvalue weighted by Gasteiger charge is -2.35. The quantitative estimate of drug-likeness (QED) is 0.732. The SMILES string of the molecule is COC(CN)CC(=O)NCC(c1ccc(Cl)cc1)N1CCOCC1. The lowest BCUT2D eigenvalue weighted by atomic mass is 10.0. The van der Waals surface area contributed by atoms with Gasteiger partial charge in [-0.2, -0.15) is 0 Å². The van der Waals surface area contributed by atoms with Gasteiger partial charge in [-0.3, -0.25) is 9.69 Å². The monoisotopic (exact) mass is 355 g/mol. The summed E-state index contributed by atoms with van der Waals surface area (Å²) in [5.74, 6) is -0.0560. The summed E-state index contributed by atoms with van der Waals surface area (Å²) >= 11 is 5.99. The lowest BCUT2D eigenvalue weighted by molar-refractivity contribution is -0.123. The van der Waals surface area contributed by atoms with E-state index >= 15 is 0 Å². The van der Waals surface area contributed by atoms with Crippen LogP contribution in [-0.2, 0) is 14.3 Å². The van der Waals surface area contributed by atoms with Crippen LogP contribution >= 0.6 is 11.6 Å². The first-order valence-electron chi connectivity index (χ1n) is 8.21. The van der Waals surface area contributed by atoms with Crippen molar-refractivity contribution in [1.82, 2.24) is 10.2 Å². The molecule has 134 valence electrons. The van der Waals surface area contributed by atoms with Crippen molar-refractivity contribution in [3.63, 3.8) is 0 Å². The van der Waals surface area contributed by atoms with Gasteiger partial charge in [0.05, 0.1) is 31.8 Å². The Morgan fingerprint density at radius 1 is 1.38 bits per heavy atom. The van der Waals surface area contributed by atoms with Crippen molar-refractivity contribution < 1.29 is 14.3 Å². The van der Waals surface area contributed by atoms with Crippen molar-refractivity contribution in [2.75, 3.05) is 46.5 Å². The van der Waals surface area contributed by atoms with Gasteiger partial charge < -0.3 is 20.5 Å². The van der Waals surface area contributed by atoms with Gasteiger partial charge in [-0.05, 0) is 17.7 Å². The molecule has 0 saturated carbocycles. The number of methoxy groups -OCH3 is 1. The van der Waals surface area contributed by atoms with Crippen molar-refractivity contribution in [3.05, 3.63) is 34.9 Å². The zero-order valence-electron chi connectivity index (χ0n) is 14.0. The van der Waals surface area contributed by atoms with E-state index in [1.165, 1.54) is 0 Å². The van der Waals surface area contributed by atoms with E-state index in [4.69, 9.17) is 26.8 Å². The first kappa shape index (κ1) is 19.1. The van der Waals surface area contributed by atoms with Crippen molar-refractivity contribution >= 4 is 17.5 Å². The van der Waals surface area contributed by atoms with Gasteiger partial charge in [0.15, 0.2) is 0 Å². The van der Waals surface area contributed by atoms with E-state index in [-0.39, 0.29) is 24.5 Å². The summed E-state index contributed by atoms with van der Waals surface area (Å²) in [4.78, 5) is 14.5. The van der Waals surface area contributed by atoms with Crippen LogP contribution in [0.5, 0.6) is 0 Å². The molecule has 2 atom stereocenters. The Morgan fingerprint density at radius 3 is 2.62 bits per heavy atom. The normalized spacial score (nSPS) is 18.1. The highest BCUT2D eigenvalue weighted by Crippen LogP contribution is 2.23. The Morgan fingerprint density at radius 2 is 2.04 bits per heavy atom. The van der Waals surface area contributed by atoms with Crippen LogP contribution in [0.1, 0.15) is 18.0 Å². The Hall–Kier alpha value is -1.18. The van der Waals surface area contributed by atoms with Crippen LogP contribution in [0.15, 0.2) is 24.3 Å². The molecule has 3 N–H and O–H groups in total. The maximum atomic E-state index is 12.1. The third-order valence-corrected chi connectivity index (χ3v) is 4.50. The number of hydrogen-bond donors (Lipinski definition) is 2. The summed E-state index contributed by atoms with van der Waals surface area (Å²) in [6.07, 6.45) is 0.0195. The molecular weight excluding hydrogens is 330 g/mol. The van der Waals surface area contributed by atoms with Gasteiger partial charge in [0.25, 0.3) is 0 Å². The number of carbonyl (C=O) groups is 1. The molecule has 1 fully saturated rings. The molecule has 1 amide bonds. The summed E-state index contributed by atoms with van der Waals surface area (Å²) in [6, 6.07) is 7.86. The lowest BCUT2D eigenvalue weighted by Crippen LogP contribution is -2.44. The van der Waals surface area contributed by atoms with Gasteiger partial charge >= 0.3 is 0 Å². The predicted molar refractivity (Wildman–Crippen MR) is 94.1 cm³/mol. The highest BCUT2D eigenvalue weighted by atomic mass is 35.5. The molecule has 6 nitrogen and oxygen atoms in total. The van der Waals surface area contributed by atoms with E-state index in [2.05, 4.69) is 10.2 Å². The number of nitrogens with one attached hydrogen (secondary N) is 1. The van der Waals surface area contributed by atoms with Crippen molar-refractivity contribution in [3.8, 4) is 0 Å². The summed E-state index contributed by atoms with van der Waals surface area (Å²) in [7, 11) is 1.56. The van der Waals surface area contributed by atoms with Crippen LogP contribution in [0.2, 0.25) is 5.02 Å². The molecule has 1 aliphatic heterocycles. The molecule has 1 heterocycles. The molecule has 2 unspecified atom stereocenters. The van der Waals surface area contributed by atoms with E-state index in [9.17, 15) is 4.79 Å². The van der Waals surface area contributed by atoms with Crippen LogP contribution in [0, 0.1) is 0 Å². The van der Waals surface area contributed by atoms with Crippen LogP contribution in [0.4, 0.5) is 0 Å². The Balaban J connectivity index is 2.00. The maximum Gasteiger partial charge on any atom is 0.222 e. The van der Waals surface area contributed by atoms with Crippen LogP contribution in [-0.4, -0.2) is 63.4 Å². The number of hydrogen-bond acceptors (Lipinski definition) is 5. The second-order valence-corrected chi connectivity index (χ2v) is 6.25. The zero-order valence-corrected chi connectivity index (χ0v) is 14.8. The minimum atomic E-state index is -0.248. The summed E-state index contributed by atoms with van der Waals surface area (Å²) in [5, 5.41) is 3.71. The third-order valence-electron chi connectivity index (χ3n) is 4.24. The average molecular weight is 356 g/mol. The molecule has 24 heavy (non-hydrogen) atoms. The standard InChI is InChI=1S/C17H26ClN3O3/c1-23-15(11-19)10-17(22)20-12-16(21-6-8-24-9-7-21)13-2-4-14(18)5-3-13/h2-5,15-16H,6-12,19H2,1H3,(H,20,22). The smallest absolute Gasteiger partial charge is 0.222 e. The number of morpholine rings is 1. The largest absolute Gasteiger partial charge is 0.380 e. The van der Waals surface area contributed by atoms with E-state index in [1.54, 1.807) is 7.11 Å². The minimum absolute atomic E-state index is 0.0560. The molecule has 1 aliphatic rings. The van der Waals surface area contributed by atoms with Gasteiger partial charge in [0, 0.05) is 38.3 Å². The molecule has 2 rings (SSSR count). The average Bonchev–Trinajstić information content (AvgIpc) is 2.62. The van der Waals surface area contributed by atoms with E-state index in [0.29, 0.717) is 31.3 Å². The van der Waals surface area contributed by atoms with Crippen molar-refractivity contribution in [2.24, 2.45) is 5.73 Å². The van der Waals surface area contributed by atoms with Crippen LogP contribution in [0.25, 0.3) is 0 Å². The van der Waals surface area contributed by atoms with Crippen LogP contribution < -0.4 is 11.1 Å². The van der Waals surface area contributed by atoms with Gasteiger partial charge in [0.2, 0.25) is 5.91 Å². The highest BCUT2D eigenvalue weighted by molar-refractivity contribution is 6.30. The fraction of sp³-hybridized carbons (Fsp3) is 0.588. The van der Waals surface area contributed by atoms with Gasteiger partial charge in [-0.1, -0.05) is 23.7 Å². The molecule has 0 radical (unpaired) electrons. The van der Waals surface area contributed by atoms with E-state index in [1.807, 2.05) is 24.3 Å². The molecule has 0 aliphatic carbocycles. The Bertz CT molecular complexity index is 502. The van der Waals surface area contributed by atoms with Crippen LogP contribution in [0.3, 0.4) is 0 Å². The van der Waals surface area contributed by atoms with Gasteiger partial charge in [-0.15, -0.1) is 0 Å². The molecule has 1 aromatic rings. The number of amides is 1. The second kappa shape index (κ2) is 9.96. The number of carbonyl (C=O) groups excluding carboxylic acids is 1. The van der Waals surface area contributed by atoms with Crippen molar-refractivity contribution in [1.29, 1.82) is 0 Å². The molecule has 1 saturated heterocycles. The highest BCUT2D eigenvalue weighted by Gasteiger charge is 2.23. The number of halogens is 1. The number of rotatable bonds is 8. The van der Waals surface area contributed by atoms with Crippen molar-refractivity contribution in [2.45, 2.75) is 18.6 Å². The topological polar surface area (TPSA) is 76.8 Å². The Kier molecular flexibility index (Phi) is 7.94. The molecule has 7 heteroatoms. The molecule has 1 aromatic carbocycles. The molecule has 0 spiro atoms. The Labute approximate surface area is 148 Å². The molecule has 0 bridgehead atoms. The summed E-state index contributed by atoms with van der Waals surface area (Å²) < 4.78 is 10.6. The van der Waals surface area contributed by atoms with Gasteiger partial charge in [0.1, 0.15) is 0 Å². The fourth-order valence-electron chi connectivity index (χ4n) is 2.78. The third kappa shape index (κ3) is 5.72. The fourth-order valence-corrected chi connectivity index (χ4v) is 2.91. The van der Waals surface area contributed by atoms with E-state index in [0.717, 1.165) is 18.7 Å². The second-order valence-electron chi connectivity index (χ2n) is 5.82. The van der Waals surface area contributed by atoms with E-state index < -0.39 is 0 Å².